The second-order valence-electron chi connectivity index (χ2n) is 5.01. The second kappa shape index (κ2) is 7.23. The Morgan fingerprint density at radius 3 is 2.56 bits per heavy atom. The van der Waals surface area contributed by atoms with Gasteiger partial charge >= 0.3 is 0 Å². The summed E-state index contributed by atoms with van der Waals surface area (Å²) in [6.45, 7) is 0. The van der Waals surface area contributed by atoms with E-state index >= 15 is 0 Å². The zero-order valence-corrected chi connectivity index (χ0v) is 13.4. The Morgan fingerprint density at radius 1 is 0.960 bits per heavy atom. The van der Waals surface area contributed by atoms with Gasteiger partial charge in [-0.3, -0.25) is 4.79 Å². The molecule has 3 rings (SSSR count). The van der Waals surface area contributed by atoms with Crippen LogP contribution in [0.2, 0.25) is 5.02 Å². The highest BCUT2D eigenvalue weighted by Gasteiger charge is 2.11. The maximum absolute atomic E-state index is 13.2. The van der Waals surface area contributed by atoms with Crippen molar-refractivity contribution in [2.24, 2.45) is 0 Å². The number of hydrogen-bond donors (Lipinski definition) is 2. The second-order valence-corrected chi connectivity index (χ2v) is 5.44. The number of carbonyl (C=O) groups excluding carboxylic acids is 1. The van der Waals surface area contributed by atoms with Crippen molar-refractivity contribution in [1.82, 2.24) is 9.97 Å². The van der Waals surface area contributed by atoms with Crippen LogP contribution in [0.1, 0.15) is 10.5 Å². The minimum atomic E-state index is -1.05. The Labute approximate surface area is 146 Å². The van der Waals surface area contributed by atoms with E-state index in [1.165, 1.54) is 18.5 Å². The number of amides is 1. The van der Waals surface area contributed by atoms with Crippen molar-refractivity contribution in [3.63, 3.8) is 0 Å². The molecule has 8 heteroatoms. The van der Waals surface area contributed by atoms with Crippen LogP contribution in [0.3, 0.4) is 0 Å². The molecule has 0 spiro atoms. The highest BCUT2D eigenvalue weighted by atomic mass is 35.5. The van der Waals surface area contributed by atoms with Gasteiger partial charge in [0.05, 0.1) is 0 Å². The number of carbonyl (C=O) groups is 1. The summed E-state index contributed by atoms with van der Waals surface area (Å²) in [6, 6.07) is 11.5. The number of anilines is 3. The Balaban J connectivity index is 1.76. The van der Waals surface area contributed by atoms with Gasteiger partial charge in [0.25, 0.3) is 5.91 Å². The summed E-state index contributed by atoms with van der Waals surface area (Å²) >= 11 is 5.91. The molecule has 3 aromatic rings. The molecule has 0 fully saturated rings. The average molecular weight is 361 g/mol. The number of aromatic nitrogens is 2. The lowest BCUT2D eigenvalue weighted by atomic mass is 10.2. The first-order valence-electron chi connectivity index (χ1n) is 7.12. The molecule has 1 amide bonds. The van der Waals surface area contributed by atoms with Gasteiger partial charge in [-0.05, 0) is 30.3 Å². The normalized spacial score (nSPS) is 10.4. The van der Waals surface area contributed by atoms with Gasteiger partial charge in [0.2, 0.25) is 0 Å². The van der Waals surface area contributed by atoms with E-state index in [4.69, 9.17) is 11.6 Å². The molecule has 1 aromatic heterocycles. The van der Waals surface area contributed by atoms with E-state index < -0.39 is 17.5 Å². The van der Waals surface area contributed by atoms with Gasteiger partial charge in [-0.25, -0.2) is 18.7 Å². The molecule has 0 radical (unpaired) electrons. The molecule has 1 heterocycles. The third-order valence-corrected chi connectivity index (χ3v) is 3.41. The van der Waals surface area contributed by atoms with Crippen molar-refractivity contribution >= 4 is 34.7 Å². The first-order chi connectivity index (χ1) is 12.0. The summed E-state index contributed by atoms with van der Waals surface area (Å²) in [4.78, 5) is 20.1. The Bertz CT molecular complexity index is 936. The Kier molecular flexibility index (Phi) is 4.85. The van der Waals surface area contributed by atoms with Gasteiger partial charge in [-0.2, -0.15) is 0 Å². The predicted molar refractivity (Wildman–Crippen MR) is 91.1 cm³/mol. The molecule has 0 aliphatic rings. The van der Waals surface area contributed by atoms with E-state index in [-0.39, 0.29) is 11.4 Å². The fraction of sp³-hybridized carbons (Fsp3) is 0. The summed E-state index contributed by atoms with van der Waals surface area (Å²) in [5.41, 5.74) is 0.870. The zero-order chi connectivity index (χ0) is 17.8. The predicted octanol–water partition coefficient (Wildman–Crippen LogP) is 4.40. The van der Waals surface area contributed by atoms with Crippen molar-refractivity contribution in [3.8, 4) is 0 Å². The number of halogens is 3. The molecule has 0 aliphatic carbocycles. The third kappa shape index (κ3) is 4.27. The third-order valence-electron chi connectivity index (χ3n) is 3.17. The van der Waals surface area contributed by atoms with Crippen LogP contribution >= 0.6 is 11.6 Å². The molecular weight excluding hydrogens is 350 g/mol. The molecule has 0 unspecified atom stereocenters. The van der Waals surface area contributed by atoms with Crippen LogP contribution in [-0.4, -0.2) is 15.9 Å². The standard InChI is InChI=1S/C17H11ClF2N4O/c18-10-2-1-3-11(6-10)23-16-8-15(21-9-22-16)17(25)24-12-4-5-13(19)14(20)7-12/h1-9H,(H,24,25)(H,21,22,23). The molecule has 126 valence electrons. The van der Waals surface area contributed by atoms with Gasteiger partial charge in [-0.15, -0.1) is 0 Å². The Morgan fingerprint density at radius 2 is 1.80 bits per heavy atom. The van der Waals surface area contributed by atoms with Crippen LogP contribution in [0.25, 0.3) is 0 Å². The molecule has 2 aromatic carbocycles. The van der Waals surface area contributed by atoms with Crippen LogP contribution in [0.4, 0.5) is 26.0 Å². The molecule has 0 saturated carbocycles. The van der Waals surface area contributed by atoms with Gasteiger partial charge in [0.1, 0.15) is 17.8 Å². The summed E-state index contributed by atoms with van der Waals surface area (Å²) in [5, 5.41) is 5.99. The average Bonchev–Trinajstić information content (AvgIpc) is 2.58. The quantitative estimate of drug-likeness (QED) is 0.723. The number of benzene rings is 2. The van der Waals surface area contributed by atoms with Crippen molar-refractivity contribution in [1.29, 1.82) is 0 Å². The van der Waals surface area contributed by atoms with Crippen LogP contribution in [0.15, 0.2) is 54.9 Å². The number of nitrogens with one attached hydrogen (secondary N) is 2. The lowest BCUT2D eigenvalue weighted by molar-refractivity contribution is 0.102. The van der Waals surface area contributed by atoms with E-state index in [0.29, 0.717) is 16.5 Å². The Hall–Kier alpha value is -3.06. The highest BCUT2D eigenvalue weighted by Crippen LogP contribution is 2.19. The molecule has 0 aliphatic heterocycles. The first kappa shape index (κ1) is 16.8. The van der Waals surface area contributed by atoms with E-state index in [1.807, 2.05) is 0 Å². The molecule has 0 atom stereocenters. The fourth-order valence-corrected chi connectivity index (χ4v) is 2.22. The van der Waals surface area contributed by atoms with E-state index in [1.54, 1.807) is 24.3 Å². The minimum Gasteiger partial charge on any atom is -0.340 e. The molecule has 25 heavy (non-hydrogen) atoms. The maximum atomic E-state index is 13.2. The number of hydrogen-bond acceptors (Lipinski definition) is 4. The maximum Gasteiger partial charge on any atom is 0.274 e. The first-order valence-corrected chi connectivity index (χ1v) is 7.50. The molecule has 2 N–H and O–H groups in total. The SMILES string of the molecule is O=C(Nc1ccc(F)c(F)c1)c1cc(Nc2cccc(Cl)c2)ncn1. The summed E-state index contributed by atoms with van der Waals surface area (Å²) < 4.78 is 26.1. The van der Waals surface area contributed by atoms with Crippen molar-refractivity contribution in [2.45, 2.75) is 0 Å². The van der Waals surface area contributed by atoms with Crippen LogP contribution < -0.4 is 10.6 Å². The van der Waals surface area contributed by atoms with Crippen LogP contribution in [-0.2, 0) is 0 Å². The summed E-state index contributed by atoms with van der Waals surface area (Å²) in [6.07, 6.45) is 1.22. The van der Waals surface area contributed by atoms with Crippen LogP contribution in [0.5, 0.6) is 0 Å². The largest absolute Gasteiger partial charge is 0.340 e. The van der Waals surface area contributed by atoms with Crippen molar-refractivity contribution in [2.75, 3.05) is 10.6 Å². The lowest BCUT2D eigenvalue weighted by Gasteiger charge is -2.08. The van der Waals surface area contributed by atoms with Gasteiger partial charge < -0.3 is 10.6 Å². The number of rotatable bonds is 4. The minimum absolute atomic E-state index is 0.0595. The highest BCUT2D eigenvalue weighted by molar-refractivity contribution is 6.30. The zero-order valence-electron chi connectivity index (χ0n) is 12.6. The molecule has 0 bridgehead atoms. The van der Waals surface area contributed by atoms with Crippen molar-refractivity contribution < 1.29 is 13.6 Å². The number of nitrogens with zero attached hydrogens (tertiary/aromatic N) is 2. The molecule has 0 saturated heterocycles. The smallest absolute Gasteiger partial charge is 0.274 e. The van der Waals surface area contributed by atoms with Crippen molar-refractivity contribution in [3.05, 3.63) is 77.2 Å². The monoisotopic (exact) mass is 360 g/mol. The van der Waals surface area contributed by atoms with E-state index in [9.17, 15) is 13.6 Å². The summed E-state index contributed by atoms with van der Waals surface area (Å²) in [7, 11) is 0. The van der Waals surface area contributed by atoms with Gasteiger partial charge in [0, 0.05) is 28.5 Å². The topological polar surface area (TPSA) is 66.9 Å². The van der Waals surface area contributed by atoms with E-state index in [0.717, 1.165) is 12.1 Å². The fourth-order valence-electron chi connectivity index (χ4n) is 2.03. The van der Waals surface area contributed by atoms with Gasteiger partial charge in [-0.1, -0.05) is 17.7 Å². The summed E-state index contributed by atoms with van der Waals surface area (Å²) in [5.74, 6) is -2.24. The van der Waals surface area contributed by atoms with Crippen LogP contribution in [0, 0.1) is 11.6 Å². The molecule has 5 nitrogen and oxygen atoms in total. The van der Waals surface area contributed by atoms with E-state index in [2.05, 4.69) is 20.6 Å². The lowest BCUT2D eigenvalue weighted by Crippen LogP contribution is -2.14. The van der Waals surface area contributed by atoms with Gasteiger partial charge in [0.15, 0.2) is 11.6 Å². The molecular formula is C17H11ClF2N4O.